The number of rotatable bonds is 27. The fourth-order valence-electron chi connectivity index (χ4n) is 5.64. The first kappa shape index (κ1) is 33.3. The van der Waals surface area contributed by atoms with Crippen LogP contribution in [0.15, 0.2) is 0 Å². The van der Waals surface area contributed by atoms with Crippen molar-refractivity contribution in [2.45, 2.75) is 200 Å². The van der Waals surface area contributed by atoms with Crippen LogP contribution in [-0.2, 0) is 0 Å². The molecule has 0 aliphatic heterocycles. The van der Waals surface area contributed by atoms with Crippen molar-refractivity contribution in [1.82, 2.24) is 0 Å². The molecule has 33 heavy (non-hydrogen) atoms. The molecule has 1 unspecified atom stereocenters. The molecule has 0 aliphatic carbocycles. The van der Waals surface area contributed by atoms with E-state index < -0.39 is 0 Å². The van der Waals surface area contributed by atoms with E-state index >= 15 is 0 Å². The topological polar surface area (TPSA) is 0 Å². The van der Waals surface area contributed by atoms with Crippen molar-refractivity contribution >= 4 is 11.6 Å². The van der Waals surface area contributed by atoms with Crippen LogP contribution in [0, 0.1) is 5.92 Å². The van der Waals surface area contributed by atoms with Crippen molar-refractivity contribution in [2.75, 3.05) is 0 Å². The van der Waals surface area contributed by atoms with Crippen LogP contribution in [0.3, 0.4) is 0 Å². The van der Waals surface area contributed by atoms with E-state index in [1.807, 2.05) is 0 Å². The monoisotopic (exact) mass is 484 g/mol. The first-order valence-corrected chi connectivity index (χ1v) is 16.2. The molecule has 0 fully saturated rings. The van der Waals surface area contributed by atoms with E-state index in [9.17, 15) is 0 Å². The summed E-state index contributed by atoms with van der Waals surface area (Å²) in [7, 11) is 0. The molecule has 0 N–H and O–H groups in total. The highest BCUT2D eigenvalue weighted by atomic mass is 35.5. The number of halogens is 1. The molecule has 1 heteroatoms. The standard InChI is InChI=1S/C32H65Cl/c1-5-9-12-15-18-19-20-21-22-25-28-31(8-4)32(33,29-26-23-16-13-10-6-2)30-27-24-17-14-11-7-3/h31H,5-30H2,1-4H3. The minimum atomic E-state index is 0.0730. The molecule has 0 heterocycles. The Morgan fingerprint density at radius 2 is 0.727 bits per heavy atom. The summed E-state index contributed by atoms with van der Waals surface area (Å²) in [5.41, 5.74) is 0. The Labute approximate surface area is 216 Å². The SMILES string of the molecule is CCCCCCCCCCCCC(CC)C(Cl)(CCCCCCCC)CCCCCCCC. The summed E-state index contributed by atoms with van der Waals surface area (Å²) in [6, 6.07) is 0. The van der Waals surface area contributed by atoms with E-state index in [0.717, 1.165) is 5.92 Å². The highest BCUT2D eigenvalue weighted by Gasteiger charge is 2.34. The maximum absolute atomic E-state index is 7.51. The Balaban J connectivity index is 4.33. The molecule has 0 aliphatic rings. The van der Waals surface area contributed by atoms with Gasteiger partial charge in [-0.05, 0) is 25.2 Å². The predicted octanol–water partition coefficient (Wildman–Crippen LogP) is 12.8. The largest absolute Gasteiger partial charge is 0.119 e. The fourth-order valence-corrected chi connectivity index (χ4v) is 6.17. The van der Waals surface area contributed by atoms with Gasteiger partial charge in [0.05, 0.1) is 0 Å². The van der Waals surface area contributed by atoms with Crippen LogP contribution in [-0.4, -0.2) is 4.87 Å². The van der Waals surface area contributed by atoms with Gasteiger partial charge in [-0.1, -0.05) is 175 Å². The maximum Gasteiger partial charge on any atom is 0.0474 e. The molecule has 0 amide bonds. The van der Waals surface area contributed by atoms with Crippen molar-refractivity contribution < 1.29 is 0 Å². The van der Waals surface area contributed by atoms with E-state index in [0.29, 0.717) is 0 Å². The molecule has 0 saturated heterocycles. The molecule has 0 rings (SSSR count). The van der Waals surface area contributed by atoms with Gasteiger partial charge in [-0.3, -0.25) is 0 Å². The first-order chi connectivity index (χ1) is 16.1. The lowest BCUT2D eigenvalue weighted by molar-refractivity contribution is 0.277. The van der Waals surface area contributed by atoms with Crippen LogP contribution in [0.5, 0.6) is 0 Å². The molecule has 1 atom stereocenters. The average Bonchev–Trinajstić information content (AvgIpc) is 2.82. The fraction of sp³-hybridized carbons (Fsp3) is 1.00. The van der Waals surface area contributed by atoms with Crippen molar-refractivity contribution in [3.63, 3.8) is 0 Å². The molecule has 0 spiro atoms. The summed E-state index contributed by atoms with van der Waals surface area (Å²) in [5.74, 6) is 0.722. The quantitative estimate of drug-likeness (QED) is 0.0802. The van der Waals surface area contributed by atoms with Crippen LogP contribution in [0.4, 0.5) is 0 Å². The van der Waals surface area contributed by atoms with E-state index in [4.69, 9.17) is 11.6 Å². The Kier molecular flexibility index (Phi) is 25.6. The smallest absolute Gasteiger partial charge is 0.0474 e. The van der Waals surface area contributed by atoms with Crippen molar-refractivity contribution in [3.8, 4) is 0 Å². The average molecular weight is 485 g/mol. The van der Waals surface area contributed by atoms with Gasteiger partial charge in [0.2, 0.25) is 0 Å². The van der Waals surface area contributed by atoms with E-state index in [1.165, 1.54) is 167 Å². The predicted molar refractivity (Wildman–Crippen MR) is 155 cm³/mol. The molecule has 0 bridgehead atoms. The zero-order valence-electron chi connectivity index (χ0n) is 23.8. The van der Waals surface area contributed by atoms with Crippen molar-refractivity contribution in [1.29, 1.82) is 0 Å². The normalized spacial score (nSPS) is 13.0. The molecule has 0 saturated carbocycles. The van der Waals surface area contributed by atoms with Gasteiger partial charge in [-0.2, -0.15) is 0 Å². The Hall–Kier alpha value is 0.290. The minimum Gasteiger partial charge on any atom is -0.119 e. The highest BCUT2D eigenvalue weighted by Crippen LogP contribution is 2.41. The zero-order valence-corrected chi connectivity index (χ0v) is 24.6. The van der Waals surface area contributed by atoms with Gasteiger partial charge in [-0.25, -0.2) is 0 Å². The van der Waals surface area contributed by atoms with Gasteiger partial charge in [-0.15, -0.1) is 11.6 Å². The van der Waals surface area contributed by atoms with Crippen molar-refractivity contribution in [3.05, 3.63) is 0 Å². The Morgan fingerprint density at radius 1 is 0.424 bits per heavy atom. The third-order valence-electron chi connectivity index (χ3n) is 8.02. The van der Waals surface area contributed by atoms with Crippen LogP contribution >= 0.6 is 11.6 Å². The van der Waals surface area contributed by atoms with Crippen molar-refractivity contribution in [2.24, 2.45) is 5.92 Å². The van der Waals surface area contributed by atoms with Gasteiger partial charge < -0.3 is 0 Å². The second-order valence-corrected chi connectivity index (χ2v) is 11.9. The van der Waals surface area contributed by atoms with E-state index in [-0.39, 0.29) is 4.87 Å². The summed E-state index contributed by atoms with van der Waals surface area (Å²) in [4.78, 5) is 0.0730. The number of alkyl halides is 1. The molecule has 200 valence electrons. The highest BCUT2D eigenvalue weighted by molar-refractivity contribution is 6.24. The molecule has 0 aromatic carbocycles. The maximum atomic E-state index is 7.51. The second-order valence-electron chi connectivity index (χ2n) is 11.1. The van der Waals surface area contributed by atoms with Gasteiger partial charge >= 0.3 is 0 Å². The van der Waals surface area contributed by atoms with Gasteiger partial charge in [0.25, 0.3) is 0 Å². The van der Waals surface area contributed by atoms with E-state index in [1.54, 1.807) is 0 Å². The van der Waals surface area contributed by atoms with Gasteiger partial charge in [0.15, 0.2) is 0 Å². The summed E-state index contributed by atoms with van der Waals surface area (Å²) < 4.78 is 0. The lowest BCUT2D eigenvalue weighted by Crippen LogP contribution is -2.32. The van der Waals surface area contributed by atoms with Crippen LogP contribution in [0.25, 0.3) is 0 Å². The molecule has 0 aromatic rings. The van der Waals surface area contributed by atoms with Crippen LogP contribution in [0.1, 0.15) is 195 Å². The zero-order chi connectivity index (χ0) is 24.5. The Bertz CT molecular complexity index is 348. The van der Waals surface area contributed by atoms with Gasteiger partial charge in [0, 0.05) is 4.87 Å². The van der Waals surface area contributed by atoms with Crippen LogP contribution < -0.4 is 0 Å². The number of hydrogen-bond acceptors (Lipinski definition) is 0. The number of unbranched alkanes of at least 4 members (excludes halogenated alkanes) is 19. The molecular weight excluding hydrogens is 420 g/mol. The van der Waals surface area contributed by atoms with E-state index in [2.05, 4.69) is 27.7 Å². The van der Waals surface area contributed by atoms with Gasteiger partial charge in [0.1, 0.15) is 0 Å². The third kappa shape index (κ3) is 20.2. The summed E-state index contributed by atoms with van der Waals surface area (Å²) in [6.07, 6.45) is 36.1. The summed E-state index contributed by atoms with van der Waals surface area (Å²) in [6.45, 7) is 9.33. The number of hydrogen-bond donors (Lipinski definition) is 0. The Morgan fingerprint density at radius 3 is 1.06 bits per heavy atom. The second kappa shape index (κ2) is 25.4. The lowest BCUT2D eigenvalue weighted by atomic mass is 9.78. The molecule has 0 radical (unpaired) electrons. The molecular formula is C32H65Cl. The molecule has 0 aromatic heterocycles. The summed E-state index contributed by atoms with van der Waals surface area (Å²) >= 11 is 7.51. The van der Waals surface area contributed by atoms with Crippen LogP contribution in [0.2, 0.25) is 0 Å². The lowest BCUT2D eigenvalue weighted by Gasteiger charge is -2.36. The first-order valence-electron chi connectivity index (χ1n) is 15.8. The summed E-state index contributed by atoms with van der Waals surface area (Å²) in [5, 5.41) is 0. The third-order valence-corrected chi connectivity index (χ3v) is 8.71. The minimum absolute atomic E-state index is 0.0730. The molecule has 0 nitrogen and oxygen atoms in total.